The number of hydrogen-bond acceptors (Lipinski definition) is 4. The van der Waals surface area contributed by atoms with E-state index in [1.807, 2.05) is 58.0 Å². The zero-order valence-electron chi connectivity index (χ0n) is 18.0. The standard InChI is InChI=1S/C22H34N2O4/c1-17(15-18(2)27-16-19-11-9-8-10-12-19)20(25)23(6)13-14-24(7)21(26)28-22(3,4)5/h8-12,17H,2,13-16H2,1,3-7H3/t17-/m0/s1. The highest BCUT2D eigenvalue weighted by atomic mass is 16.6. The molecule has 0 saturated carbocycles. The number of nitrogens with zero attached hydrogens (tertiary/aromatic N) is 2. The van der Waals surface area contributed by atoms with Gasteiger partial charge in [0.2, 0.25) is 5.91 Å². The number of carbonyl (C=O) groups is 2. The van der Waals surface area contributed by atoms with Crippen molar-refractivity contribution in [2.24, 2.45) is 5.92 Å². The third kappa shape index (κ3) is 8.93. The molecular formula is C22H34N2O4. The van der Waals surface area contributed by atoms with Crippen molar-refractivity contribution in [1.82, 2.24) is 9.80 Å². The number of ether oxygens (including phenoxy) is 2. The monoisotopic (exact) mass is 390 g/mol. The third-order valence-corrected chi connectivity index (χ3v) is 4.09. The van der Waals surface area contributed by atoms with Crippen LogP contribution in [0.25, 0.3) is 0 Å². The molecule has 1 aromatic rings. The van der Waals surface area contributed by atoms with Crippen LogP contribution in [0.5, 0.6) is 0 Å². The Hall–Kier alpha value is -2.50. The van der Waals surface area contributed by atoms with Gasteiger partial charge in [0.1, 0.15) is 12.2 Å². The predicted molar refractivity (Wildman–Crippen MR) is 111 cm³/mol. The summed E-state index contributed by atoms with van der Waals surface area (Å²) in [7, 11) is 3.39. The fourth-order valence-electron chi connectivity index (χ4n) is 2.46. The van der Waals surface area contributed by atoms with E-state index in [9.17, 15) is 9.59 Å². The van der Waals surface area contributed by atoms with Crippen LogP contribution in [0.15, 0.2) is 42.7 Å². The van der Waals surface area contributed by atoms with Gasteiger partial charge >= 0.3 is 6.09 Å². The molecule has 6 nitrogen and oxygen atoms in total. The van der Waals surface area contributed by atoms with Gasteiger partial charge in [0.15, 0.2) is 0 Å². The third-order valence-electron chi connectivity index (χ3n) is 4.09. The Morgan fingerprint density at radius 3 is 2.21 bits per heavy atom. The molecule has 2 amide bonds. The van der Waals surface area contributed by atoms with E-state index in [0.29, 0.717) is 31.9 Å². The van der Waals surface area contributed by atoms with Crippen molar-refractivity contribution in [1.29, 1.82) is 0 Å². The molecule has 6 heteroatoms. The van der Waals surface area contributed by atoms with Crippen LogP contribution >= 0.6 is 0 Å². The van der Waals surface area contributed by atoms with Gasteiger partial charge in [0.05, 0.1) is 5.76 Å². The molecule has 156 valence electrons. The summed E-state index contributed by atoms with van der Waals surface area (Å²) < 4.78 is 11.0. The zero-order valence-corrected chi connectivity index (χ0v) is 18.0. The topological polar surface area (TPSA) is 59.1 Å². The first-order chi connectivity index (χ1) is 13.0. The molecule has 0 spiro atoms. The number of carbonyl (C=O) groups excluding carboxylic acids is 2. The summed E-state index contributed by atoms with van der Waals surface area (Å²) in [5.41, 5.74) is 0.520. The van der Waals surface area contributed by atoms with Gasteiger partial charge in [-0.15, -0.1) is 0 Å². The molecule has 0 N–H and O–H groups in total. The molecule has 1 aromatic carbocycles. The second-order valence-electron chi connectivity index (χ2n) is 8.08. The van der Waals surface area contributed by atoms with E-state index in [-0.39, 0.29) is 11.8 Å². The van der Waals surface area contributed by atoms with Crippen molar-refractivity contribution in [3.8, 4) is 0 Å². The lowest BCUT2D eigenvalue weighted by Gasteiger charge is -2.27. The van der Waals surface area contributed by atoms with E-state index in [2.05, 4.69) is 6.58 Å². The largest absolute Gasteiger partial charge is 0.494 e. The van der Waals surface area contributed by atoms with Gasteiger partial charge in [-0.25, -0.2) is 4.79 Å². The first kappa shape index (κ1) is 23.5. The Labute approximate surface area is 169 Å². The maximum absolute atomic E-state index is 12.6. The quantitative estimate of drug-likeness (QED) is 0.597. The van der Waals surface area contributed by atoms with Gasteiger partial charge < -0.3 is 19.3 Å². The van der Waals surface area contributed by atoms with Crippen molar-refractivity contribution < 1.29 is 19.1 Å². The van der Waals surface area contributed by atoms with Gasteiger partial charge in [-0.3, -0.25) is 4.79 Å². The summed E-state index contributed by atoms with van der Waals surface area (Å²) >= 11 is 0. The number of amides is 2. The highest BCUT2D eigenvalue weighted by molar-refractivity contribution is 5.78. The highest BCUT2D eigenvalue weighted by Crippen LogP contribution is 2.15. The molecule has 1 atom stereocenters. The van der Waals surface area contributed by atoms with Crippen molar-refractivity contribution in [3.63, 3.8) is 0 Å². The van der Waals surface area contributed by atoms with Crippen molar-refractivity contribution in [3.05, 3.63) is 48.2 Å². The van der Waals surface area contributed by atoms with Crippen molar-refractivity contribution in [2.45, 2.75) is 46.3 Å². The second kappa shape index (κ2) is 10.7. The van der Waals surface area contributed by atoms with Crippen LogP contribution in [0, 0.1) is 5.92 Å². The average Bonchev–Trinajstić information content (AvgIpc) is 2.62. The molecule has 0 fully saturated rings. The maximum atomic E-state index is 12.6. The molecule has 28 heavy (non-hydrogen) atoms. The molecule has 0 saturated heterocycles. The van der Waals surface area contributed by atoms with Crippen LogP contribution in [0.1, 0.15) is 39.7 Å². The van der Waals surface area contributed by atoms with Gasteiger partial charge in [0, 0.05) is 39.5 Å². The summed E-state index contributed by atoms with van der Waals surface area (Å²) in [6.07, 6.45) is 0.0573. The molecule has 0 bridgehead atoms. The minimum Gasteiger partial charge on any atom is -0.494 e. The van der Waals surface area contributed by atoms with Crippen LogP contribution < -0.4 is 0 Å². The van der Waals surface area contributed by atoms with E-state index in [1.54, 1.807) is 19.0 Å². The number of rotatable bonds is 9. The summed E-state index contributed by atoms with van der Waals surface area (Å²) in [5.74, 6) is 0.325. The summed E-state index contributed by atoms with van der Waals surface area (Å²) in [4.78, 5) is 27.6. The van der Waals surface area contributed by atoms with Crippen LogP contribution in [0.4, 0.5) is 4.79 Å². The van der Waals surface area contributed by atoms with Gasteiger partial charge in [-0.05, 0) is 26.3 Å². The molecule has 0 aliphatic heterocycles. The number of hydrogen-bond donors (Lipinski definition) is 0. The van der Waals surface area contributed by atoms with E-state index in [4.69, 9.17) is 9.47 Å². The second-order valence-corrected chi connectivity index (χ2v) is 8.08. The number of benzene rings is 1. The zero-order chi connectivity index (χ0) is 21.3. The molecule has 1 rings (SSSR count). The molecular weight excluding hydrogens is 356 g/mol. The smallest absolute Gasteiger partial charge is 0.410 e. The average molecular weight is 391 g/mol. The van der Waals surface area contributed by atoms with E-state index in [1.165, 1.54) is 4.90 Å². The minimum absolute atomic E-state index is 0.0120. The fraction of sp³-hybridized carbons (Fsp3) is 0.545. The highest BCUT2D eigenvalue weighted by Gasteiger charge is 2.22. The SMILES string of the molecule is C=C(C[C@H](C)C(=O)N(C)CCN(C)C(=O)OC(C)(C)C)OCc1ccccc1. The van der Waals surface area contributed by atoms with Crippen LogP contribution in [0.3, 0.4) is 0 Å². The normalized spacial score (nSPS) is 12.1. The van der Waals surface area contributed by atoms with Crippen LogP contribution in [-0.4, -0.2) is 54.6 Å². The Morgan fingerprint density at radius 2 is 1.64 bits per heavy atom. The first-order valence-electron chi connectivity index (χ1n) is 9.53. The molecule has 0 aliphatic carbocycles. The molecule has 0 unspecified atom stereocenters. The Bertz CT molecular complexity index is 652. The van der Waals surface area contributed by atoms with E-state index in [0.717, 1.165) is 5.56 Å². The fourth-order valence-corrected chi connectivity index (χ4v) is 2.46. The van der Waals surface area contributed by atoms with Crippen LogP contribution in [-0.2, 0) is 20.9 Å². The lowest BCUT2D eigenvalue weighted by molar-refractivity contribution is -0.134. The number of likely N-dealkylation sites (N-methyl/N-ethyl adjacent to an activating group) is 2. The van der Waals surface area contributed by atoms with Gasteiger partial charge in [0.25, 0.3) is 0 Å². The maximum Gasteiger partial charge on any atom is 0.410 e. The lowest BCUT2D eigenvalue weighted by atomic mass is 10.1. The van der Waals surface area contributed by atoms with Crippen molar-refractivity contribution in [2.75, 3.05) is 27.2 Å². The summed E-state index contributed by atoms with van der Waals surface area (Å²) in [6, 6.07) is 9.83. The summed E-state index contributed by atoms with van der Waals surface area (Å²) in [6.45, 7) is 12.5. The summed E-state index contributed by atoms with van der Waals surface area (Å²) in [5, 5.41) is 0. The van der Waals surface area contributed by atoms with Crippen LogP contribution in [0.2, 0.25) is 0 Å². The van der Waals surface area contributed by atoms with E-state index < -0.39 is 11.7 Å². The van der Waals surface area contributed by atoms with Crippen molar-refractivity contribution >= 4 is 12.0 Å². The predicted octanol–water partition coefficient (Wildman–Crippen LogP) is 4.07. The number of allylic oxidation sites excluding steroid dienone is 1. The van der Waals surface area contributed by atoms with Gasteiger partial charge in [-0.1, -0.05) is 43.8 Å². The lowest BCUT2D eigenvalue weighted by Crippen LogP contribution is -2.41. The molecule has 0 aromatic heterocycles. The Balaban J connectivity index is 2.38. The molecule has 0 radical (unpaired) electrons. The first-order valence-corrected chi connectivity index (χ1v) is 9.53. The van der Waals surface area contributed by atoms with E-state index >= 15 is 0 Å². The molecule has 0 aliphatic rings. The van der Waals surface area contributed by atoms with Gasteiger partial charge in [-0.2, -0.15) is 0 Å². The minimum atomic E-state index is -0.540. The Morgan fingerprint density at radius 1 is 1.07 bits per heavy atom. The Kier molecular flexibility index (Phi) is 9.03. The molecule has 0 heterocycles.